The molecule has 0 bridgehead atoms. The summed E-state index contributed by atoms with van der Waals surface area (Å²) < 4.78 is 1.88. The minimum atomic E-state index is -0.190. The molecule has 6 nitrogen and oxygen atoms in total. The van der Waals surface area contributed by atoms with Gasteiger partial charge in [-0.2, -0.15) is 0 Å². The quantitative estimate of drug-likeness (QED) is 0.763. The highest BCUT2D eigenvalue weighted by Gasteiger charge is 2.13. The van der Waals surface area contributed by atoms with Gasteiger partial charge in [0.15, 0.2) is 5.16 Å². The first-order valence-corrected chi connectivity index (χ1v) is 7.97. The summed E-state index contributed by atoms with van der Waals surface area (Å²) in [6.45, 7) is 2.52. The summed E-state index contributed by atoms with van der Waals surface area (Å²) in [5, 5.41) is 7.72. The van der Waals surface area contributed by atoms with Crippen molar-refractivity contribution in [3.63, 3.8) is 0 Å². The maximum absolute atomic E-state index is 12.0. The maximum Gasteiger partial charge on any atom is 0.252 e. The number of halogens is 3. The van der Waals surface area contributed by atoms with E-state index in [-0.39, 0.29) is 36.8 Å². The third-order valence-electron chi connectivity index (χ3n) is 3.10. The second kappa shape index (κ2) is 10.8. The molecule has 1 atom stereocenters. The highest BCUT2D eigenvalue weighted by Crippen LogP contribution is 2.30. The number of nitrogens with one attached hydrogen (secondary N) is 2. The average Bonchev–Trinajstić information content (AvgIpc) is 2.91. The standard InChI is InChI=1S/C14H18ClN5OS.2ClH/c1-9(16-2)7-18-12(21)10-6-11(15)13(19-8-10)22-14-17-4-5-20(14)3;;/h4-6,8-9,16H,7H2,1-3H3,(H,18,21);2*1H. The SMILES string of the molecule is CNC(C)CNC(=O)c1cnc(Sc2nccn2C)c(Cl)c1.Cl.Cl. The first-order chi connectivity index (χ1) is 10.5. The van der Waals surface area contributed by atoms with E-state index in [1.54, 1.807) is 12.3 Å². The molecular weight excluding hydrogens is 393 g/mol. The van der Waals surface area contributed by atoms with Gasteiger partial charge in [0.05, 0.1) is 10.6 Å². The first-order valence-electron chi connectivity index (χ1n) is 6.77. The van der Waals surface area contributed by atoms with Gasteiger partial charge in [0.2, 0.25) is 0 Å². The van der Waals surface area contributed by atoms with Crippen LogP contribution in [0.25, 0.3) is 0 Å². The monoisotopic (exact) mass is 411 g/mol. The Kier molecular flexibility index (Phi) is 10.3. The minimum Gasteiger partial charge on any atom is -0.350 e. The molecule has 1 unspecified atom stereocenters. The van der Waals surface area contributed by atoms with Gasteiger partial charge in [0.1, 0.15) is 5.03 Å². The molecule has 2 N–H and O–H groups in total. The van der Waals surface area contributed by atoms with Gasteiger partial charge in [0, 0.05) is 38.2 Å². The van der Waals surface area contributed by atoms with E-state index >= 15 is 0 Å². The number of imidazole rings is 1. The Labute approximate surface area is 163 Å². The fraction of sp³-hybridized carbons (Fsp3) is 0.357. The molecule has 2 aromatic rings. The molecule has 0 aromatic carbocycles. The fourth-order valence-corrected chi connectivity index (χ4v) is 2.65. The van der Waals surface area contributed by atoms with E-state index in [1.807, 2.05) is 31.8 Å². The van der Waals surface area contributed by atoms with Crippen molar-refractivity contribution < 1.29 is 4.79 Å². The molecule has 0 aliphatic rings. The Balaban J connectivity index is 0.00000264. The van der Waals surface area contributed by atoms with Gasteiger partial charge in [-0.15, -0.1) is 24.8 Å². The summed E-state index contributed by atoms with van der Waals surface area (Å²) in [5.74, 6) is -0.190. The van der Waals surface area contributed by atoms with Crippen LogP contribution in [0.15, 0.2) is 34.8 Å². The largest absolute Gasteiger partial charge is 0.350 e. The molecule has 24 heavy (non-hydrogen) atoms. The first kappa shape index (κ1) is 23.0. The molecule has 0 aliphatic heterocycles. The molecule has 0 saturated heterocycles. The van der Waals surface area contributed by atoms with E-state index in [0.29, 0.717) is 22.2 Å². The van der Waals surface area contributed by atoms with E-state index < -0.39 is 0 Å². The van der Waals surface area contributed by atoms with Crippen LogP contribution in [0.5, 0.6) is 0 Å². The molecule has 134 valence electrons. The Morgan fingerprint density at radius 1 is 1.42 bits per heavy atom. The van der Waals surface area contributed by atoms with E-state index in [2.05, 4.69) is 20.6 Å². The topological polar surface area (TPSA) is 71.8 Å². The normalized spacial score (nSPS) is 11.2. The van der Waals surface area contributed by atoms with E-state index in [1.165, 1.54) is 18.0 Å². The van der Waals surface area contributed by atoms with E-state index in [4.69, 9.17) is 11.6 Å². The van der Waals surface area contributed by atoms with Gasteiger partial charge in [-0.25, -0.2) is 9.97 Å². The second-order valence-corrected chi connectivity index (χ2v) is 6.20. The van der Waals surface area contributed by atoms with Gasteiger partial charge < -0.3 is 15.2 Å². The average molecular weight is 413 g/mol. The summed E-state index contributed by atoms with van der Waals surface area (Å²) in [6, 6.07) is 1.82. The molecule has 2 rings (SSSR count). The van der Waals surface area contributed by atoms with Crippen LogP contribution in [-0.2, 0) is 7.05 Å². The molecule has 0 spiro atoms. The molecule has 10 heteroatoms. The lowest BCUT2D eigenvalue weighted by atomic mass is 10.2. The number of nitrogens with zero attached hydrogens (tertiary/aromatic N) is 3. The predicted molar refractivity (Wildman–Crippen MR) is 102 cm³/mol. The molecule has 0 saturated carbocycles. The van der Waals surface area contributed by atoms with Crippen LogP contribution in [0.1, 0.15) is 17.3 Å². The van der Waals surface area contributed by atoms with Crippen molar-refractivity contribution in [2.24, 2.45) is 7.05 Å². The lowest BCUT2D eigenvalue weighted by molar-refractivity contribution is 0.0950. The molecule has 0 radical (unpaired) electrons. The number of carbonyl (C=O) groups excluding carboxylic acids is 1. The van der Waals surface area contributed by atoms with Crippen LogP contribution in [0.4, 0.5) is 0 Å². The van der Waals surface area contributed by atoms with Crippen molar-refractivity contribution in [1.82, 2.24) is 25.2 Å². The molecule has 0 aliphatic carbocycles. The third kappa shape index (κ3) is 6.14. The second-order valence-electron chi connectivity index (χ2n) is 4.83. The van der Waals surface area contributed by atoms with Gasteiger partial charge >= 0.3 is 0 Å². The van der Waals surface area contributed by atoms with Crippen LogP contribution in [-0.4, -0.2) is 40.1 Å². The summed E-state index contributed by atoms with van der Waals surface area (Å²) in [7, 11) is 3.74. The van der Waals surface area contributed by atoms with E-state index in [9.17, 15) is 4.79 Å². The van der Waals surface area contributed by atoms with Crippen molar-refractivity contribution in [2.45, 2.75) is 23.1 Å². The number of aryl methyl sites for hydroxylation is 1. The fourth-order valence-electron chi connectivity index (χ4n) is 1.61. The smallest absolute Gasteiger partial charge is 0.252 e. The summed E-state index contributed by atoms with van der Waals surface area (Å²) in [5.41, 5.74) is 0.442. The Hall–Kier alpha value is -0.990. The van der Waals surface area contributed by atoms with Crippen LogP contribution >= 0.6 is 48.2 Å². The summed E-state index contributed by atoms with van der Waals surface area (Å²) >= 11 is 7.58. The zero-order chi connectivity index (χ0) is 16.1. The number of aromatic nitrogens is 3. The lowest BCUT2D eigenvalue weighted by Gasteiger charge is -2.11. The Morgan fingerprint density at radius 3 is 2.67 bits per heavy atom. The minimum absolute atomic E-state index is 0. The third-order valence-corrected chi connectivity index (χ3v) is 4.59. The van der Waals surface area contributed by atoms with Gasteiger partial charge in [0.25, 0.3) is 5.91 Å². The number of amides is 1. The van der Waals surface area contributed by atoms with Gasteiger partial charge in [-0.05, 0) is 31.8 Å². The van der Waals surface area contributed by atoms with Crippen molar-refractivity contribution >= 4 is 54.1 Å². The zero-order valence-corrected chi connectivity index (χ0v) is 16.7. The van der Waals surface area contributed by atoms with Crippen LogP contribution in [0.2, 0.25) is 5.02 Å². The van der Waals surface area contributed by atoms with Crippen molar-refractivity contribution in [3.05, 3.63) is 35.2 Å². The van der Waals surface area contributed by atoms with Crippen molar-refractivity contribution in [2.75, 3.05) is 13.6 Å². The number of carbonyl (C=O) groups is 1. The lowest BCUT2D eigenvalue weighted by Crippen LogP contribution is -2.37. The Morgan fingerprint density at radius 2 is 2.12 bits per heavy atom. The number of hydrogen-bond donors (Lipinski definition) is 2. The predicted octanol–water partition coefficient (Wildman–Crippen LogP) is 2.80. The number of pyridine rings is 1. The Bertz CT molecular complexity index is 668. The van der Waals surface area contributed by atoms with Crippen LogP contribution in [0, 0.1) is 0 Å². The molecule has 2 heterocycles. The highest BCUT2D eigenvalue weighted by atomic mass is 35.5. The maximum atomic E-state index is 12.0. The molecule has 1 amide bonds. The zero-order valence-electron chi connectivity index (χ0n) is 13.4. The molecule has 0 fully saturated rings. The van der Waals surface area contributed by atoms with Gasteiger partial charge in [-0.3, -0.25) is 4.79 Å². The van der Waals surface area contributed by atoms with Crippen molar-refractivity contribution in [3.8, 4) is 0 Å². The summed E-state index contributed by atoms with van der Waals surface area (Å²) in [6.07, 6.45) is 5.08. The van der Waals surface area contributed by atoms with E-state index in [0.717, 1.165) is 5.16 Å². The van der Waals surface area contributed by atoms with Crippen LogP contribution in [0.3, 0.4) is 0 Å². The number of likely N-dealkylation sites (N-methyl/N-ethyl adjacent to an activating group) is 1. The van der Waals surface area contributed by atoms with Crippen molar-refractivity contribution in [1.29, 1.82) is 0 Å². The van der Waals surface area contributed by atoms with Gasteiger partial charge in [-0.1, -0.05) is 11.6 Å². The number of rotatable bonds is 6. The highest BCUT2D eigenvalue weighted by molar-refractivity contribution is 7.99. The molecular formula is C14H20Cl3N5OS. The number of hydrogen-bond acceptors (Lipinski definition) is 5. The summed E-state index contributed by atoms with van der Waals surface area (Å²) in [4.78, 5) is 20.5. The van der Waals surface area contributed by atoms with Crippen LogP contribution < -0.4 is 10.6 Å². The molecule has 2 aromatic heterocycles.